The van der Waals surface area contributed by atoms with E-state index in [2.05, 4.69) is 45.4 Å². The largest absolute Gasteiger partial charge is 0.317 e. The quantitative estimate of drug-likeness (QED) is 0.921. The van der Waals surface area contributed by atoms with Crippen molar-refractivity contribution in [1.82, 2.24) is 10.3 Å². The zero-order chi connectivity index (χ0) is 11.4. The van der Waals surface area contributed by atoms with Gasteiger partial charge in [0, 0.05) is 22.4 Å². The van der Waals surface area contributed by atoms with E-state index >= 15 is 0 Å². The molecule has 0 amide bonds. The Bertz CT molecular complexity index is 323. The van der Waals surface area contributed by atoms with Gasteiger partial charge in [-0.3, -0.25) is 4.98 Å². The van der Waals surface area contributed by atoms with Crippen molar-refractivity contribution in [3.05, 3.63) is 28.5 Å². The SMILES string of the molecule is CNC1CCCCC1Cc1ccc(Br)cn1. The molecule has 1 heterocycles. The molecule has 0 radical (unpaired) electrons. The van der Waals surface area contributed by atoms with Crippen LogP contribution in [0.15, 0.2) is 22.8 Å². The molecule has 1 aliphatic carbocycles. The van der Waals surface area contributed by atoms with Gasteiger partial charge in [0.2, 0.25) is 0 Å². The fraction of sp³-hybridized carbons (Fsp3) is 0.615. The molecule has 1 aliphatic rings. The maximum Gasteiger partial charge on any atom is 0.0413 e. The van der Waals surface area contributed by atoms with Crippen LogP contribution in [-0.4, -0.2) is 18.1 Å². The molecule has 88 valence electrons. The Labute approximate surface area is 106 Å². The van der Waals surface area contributed by atoms with Crippen molar-refractivity contribution in [2.24, 2.45) is 5.92 Å². The van der Waals surface area contributed by atoms with E-state index in [1.54, 1.807) is 0 Å². The summed E-state index contributed by atoms with van der Waals surface area (Å²) >= 11 is 3.42. The molecule has 2 nitrogen and oxygen atoms in total. The van der Waals surface area contributed by atoms with E-state index in [1.165, 1.54) is 31.4 Å². The molecule has 1 N–H and O–H groups in total. The van der Waals surface area contributed by atoms with E-state index in [0.717, 1.165) is 16.8 Å². The summed E-state index contributed by atoms with van der Waals surface area (Å²) in [4.78, 5) is 4.47. The first-order valence-electron chi connectivity index (χ1n) is 6.07. The molecule has 3 heteroatoms. The van der Waals surface area contributed by atoms with E-state index < -0.39 is 0 Å². The van der Waals surface area contributed by atoms with Crippen LogP contribution in [-0.2, 0) is 6.42 Å². The minimum atomic E-state index is 0.680. The van der Waals surface area contributed by atoms with Crippen molar-refractivity contribution < 1.29 is 0 Å². The highest BCUT2D eigenvalue weighted by atomic mass is 79.9. The van der Waals surface area contributed by atoms with Gasteiger partial charge in [-0.1, -0.05) is 12.8 Å². The third kappa shape index (κ3) is 3.05. The van der Waals surface area contributed by atoms with Gasteiger partial charge < -0.3 is 5.32 Å². The van der Waals surface area contributed by atoms with Gasteiger partial charge in [0.15, 0.2) is 0 Å². The average molecular weight is 283 g/mol. The number of halogens is 1. The number of pyridine rings is 1. The fourth-order valence-electron chi connectivity index (χ4n) is 2.63. The number of aromatic nitrogens is 1. The van der Waals surface area contributed by atoms with Crippen molar-refractivity contribution in [2.75, 3.05) is 7.05 Å². The van der Waals surface area contributed by atoms with E-state index in [-0.39, 0.29) is 0 Å². The van der Waals surface area contributed by atoms with Gasteiger partial charge in [-0.05, 0) is 60.3 Å². The summed E-state index contributed by atoms with van der Waals surface area (Å²) in [6, 6.07) is 4.89. The summed E-state index contributed by atoms with van der Waals surface area (Å²) < 4.78 is 1.06. The highest BCUT2D eigenvalue weighted by Crippen LogP contribution is 2.27. The van der Waals surface area contributed by atoms with Gasteiger partial charge in [-0.2, -0.15) is 0 Å². The predicted octanol–water partition coefficient (Wildman–Crippen LogP) is 3.16. The first kappa shape index (κ1) is 12.1. The van der Waals surface area contributed by atoms with Gasteiger partial charge in [0.25, 0.3) is 0 Å². The molecule has 1 saturated carbocycles. The molecule has 2 unspecified atom stereocenters. The minimum Gasteiger partial charge on any atom is -0.317 e. The number of hydrogen-bond acceptors (Lipinski definition) is 2. The van der Waals surface area contributed by atoms with Crippen LogP contribution in [0.4, 0.5) is 0 Å². The Kier molecular flexibility index (Phi) is 4.36. The molecule has 0 spiro atoms. The van der Waals surface area contributed by atoms with Gasteiger partial charge in [0.1, 0.15) is 0 Å². The van der Waals surface area contributed by atoms with Crippen LogP contribution in [0, 0.1) is 5.92 Å². The molecule has 2 rings (SSSR count). The maximum absolute atomic E-state index is 4.47. The molecular formula is C13H19BrN2. The molecule has 0 saturated heterocycles. The fourth-order valence-corrected chi connectivity index (χ4v) is 2.86. The third-order valence-electron chi connectivity index (χ3n) is 3.54. The zero-order valence-electron chi connectivity index (χ0n) is 9.75. The van der Waals surface area contributed by atoms with Crippen LogP contribution >= 0.6 is 15.9 Å². The van der Waals surface area contributed by atoms with E-state index in [0.29, 0.717) is 6.04 Å². The topological polar surface area (TPSA) is 24.9 Å². The second kappa shape index (κ2) is 5.78. The monoisotopic (exact) mass is 282 g/mol. The Morgan fingerprint density at radius 2 is 2.19 bits per heavy atom. The summed E-state index contributed by atoms with van der Waals surface area (Å²) in [5.74, 6) is 0.757. The first-order valence-corrected chi connectivity index (χ1v) is 6.86. The summed E-state index contributed by atoms with van der Waals surface area (Å²) in [5, 5.41) is 3.45. The summed E-state index contributed by atoms with van der Waals surface area (Å²) in [7, 11) is 2.08. The van der Waals surface area contributed by atoms with E-state index in [9.17, 15) is 0 Å². The zero-order valence-corrected chi connectivity index (χ0v) is 11.3. The maximum atomic E-state index is 4.47. The molecule has 1 aromatic heterocycles. The molecule has 0 aromatic carbocycles. The lowest BCUT2D eigenvalue weighted by atomic mass is 9.82. The second-order valence-corrected chi connectivity index (χ2v) is 5.53. The van der Waals surface area contributed by atoms with Gasteiger partial charge in [-0.15, -0.1) is 0 Å². The minimum absolute atomic E-state index is 0.680. The van der Waals surface area contributed by atoms with Gasteiger partial charge in [-0.25, -0.2) is 0 Å². The highest BCUT2D eigenvalue weighted by molar-refractivity contribution is 9.10. The molecule has 2 atom stereocenters. The Morgan fingerprint density at radius 3 is 2.88 bits per heavy atom. The molecule has 0 aliphatic heterocycles. The summed E-state index contributed by atoms with van der Waals surface area (Å²) in [6.45, 7) is 0. The summed E-state index contributed by atoms with van der Waals surface area (Å²) in [5.41, 5.74) is 1.22. The van der Waals surface area contributed by atoms with Crippen LogP contribution in [0.25, 0.3) is 0 Å². The van der Waals surface area contributed by atoms with Gasteiger partial charge >= 0.3 is 0 Å². The lowest BCUT2D eigenvalue weighted by molar-refractivity contribution is 0.271. The average Bonchev–Trinajstić information content (AvgIpc) is 2.33. The van der Waals surface area contributed by atoms with Crippen LogP contribution in [0.3, 0.4) is 0 Å². The molecular weight excluding hydrogens is 264 g/mol. The second-order valence-electron chi connectivity index (χ2n) is 4.61. The molecule has 16 heavy (non-hydrogen) atoms. The first-order chi connectivity index (χ1) is 7.79. The number of nitrogens with one attached hydrogen (secondary N) is 1. The Hall–Kier alpha value is -0.410. The molecule has 1 fully saturated rings. The number of nitrogens with zero attached hydrogens (tertiary/aromatic N) is 1. The number of rotatable bonds is 3. The third-order valence-corrected chi connectivity index (χ3v) is 4.01. The molecule has 1 aromatic rings. The Balaban J connectivity index is 1.99. The van der Waals surface area contributed by atoms with E-state index in [4.69, 9.17) is 0 Å². The van der Waals surface area contributed by atoms with Crippen molar-refractivity contribution in [1.29, 1.82) is 0 Å². The Morgan fingerprint density at radius 1 is 1.38 bits per heavy atom. The number of hydrogen-bond donors (Lipinski definition) is 1. The summed E-state index contributed by atoms with van der Waals surface area (Å²) in [6.07, 6.45) is 8.40. The van der Waals surface area contributed by atoms with Crippen LogP contribution in [0.2, 0.25) is 0 Å². The van der Waals surface area contributed by atoms with Gasteiger partial charge in [0.05, 0.1) is 0 Å². The van der Waals surface area contributed by atoms with Crippen LogP contribution in [0.5, 0.6) is 0 Å². The smallest absolute Gasteiger partial charge is 0.0413 e. The standard InChI is InChI=1S/C13H19BrN2/c1-15-13-5-3-2-4-10(13)8-12-7-6-11(14)9-16-12/h6-7,9-10,13,15H,2-5,8H2,1H3. The van der Waals surface area contributed by atoms with Crippen molar-refractivity contribution in [3.8, 4) is 0 Å². The van der Waals surface area contributed by atoms with Crippen molar-refractivity contribution in [2.45, 2.75) is 38.1 Å². The van der Waals surface area contributed by atoms with Crippen molar-refractivity contribution in [3.63, 3.8) is 0 Å². The van der Waals surface area contributed by atoms with Crippen LogP contribution in [0.1, 0.15) is 31.4 Å². The van der Waals surface area contributed by atoms with Crippen LogP contribution < -0.4 is 5.32 Å². The highest BCUT2D eigenvalue weighted by Gasteiger charge is 2.23. The van der Waals surface area contributed by atoms with E-state index in [1.807, 2.05) is 6.20 Å². The van der Waals surface area contributed by atoms with Crippen molar-refractivity contribution >= 4 is 15.9 Å². The predicted molar refractivity (Wildman–Crippen MR) is 70.4 cm³/mol. The lowest BCUT2D eigenvalue weighted by Crippen LogP contribution is -2.37. The molecule has 0 bridgehead atoms. The normalized spacial score (nSPS) is 25.6. The lowest BCUT2D eigenvalue weighted by Gasteiger charge is -2.31.